The first kappa shape index (κ1) is 35.0. The number of aliphatic hydroxyl groups excluding tert-OH is 1. The molecule has 3 heterocycles. The molecule has 256 valence electrons. The lowest BCUT2D eigenvalue weighted by atomic mass is 9.70. The molecule has 48 heavy (non-hydrogen) atoms. The van der Waals surface area contributed by atoms with Crippen LogP contribution in [0.1, 0.15) is 62.1 Å². The summed E-state index contributed by atoms with van der Waals surface area (Å²) >= 11 is 0. The van der Waals surface area contributed by atoms with E-state index in [9.17, 15) is 24.3 Å². The predicted octanol–water partition coefficient (Wildman–Crippen LogP) is 4.11. The highest BCUT2D eigenvalue weighted by atomic mass is 16.5. The summed E-state index contributed by atoms with van der Waals surface area (Å²) in [5.74, 6) is -2.89. The molecule has 2 aromatic rings. The molecule has 0 aliphatic carbocycles. The van der Waals surface area contributed by atoms with Crippen LogP contribution in [0.5, 0.6) is 0 Å². The Morgan fingerprint density at radius 3 is 2.48 bits per heavy atom. The average Bonchev–Trinajstić information content (AvgIpc) is 3.75. The van der Waals surface area contributed by atoms with Gasteiger partial charge in [0, 0.05) is 32.7 Å². The largest absolute Gasteiger partial charge is 0.463 e. The second-order valence-corrected chi connectivity index (χ2v) is 12.8. The number of aliphatic hydroxyl groups is 1. The number of unbranched alkanes of at least 4 members (excludes halogenated alkanes) is 2. The van der Waals surface area contributed by atoms with Crippen LogP contribution >= 0.6 is 0 Å². The molecular formula is C38H47N3O7. The quantitative estimate of drug-likeness (QED) is 0.141. The zero-order valence-corrected chi connectivity index (χ0v) is 27.5. The highest BCUT2D eigenvalue weighted by Gasteiger charge is 2.74. The van der Waals surface area contributed by atoms with Gasteiger partial charge in [0.2, 0.25) is 17.7 Å². The van der Waals surface area contributed by atoms with Crippen molar-refractivity contribution in [1.29, 1.82) is 0 Å². The van der Waals surface area contributed by atoms with Gasteiger partial charge in [0.25, 0.3) is 0 Å². The van der Waals surface area contributed by atoms with E-state index in [2.05, 4.69) is 18.5 Å². The topological polar surface area (TPSA) is 125 Å². The standard InChI is InChI=1S/C38H47N3O7/c1-3-5-19-31(43)47-26-29(28-17-11-7-12-18-28)39-35(44)32-30-20-21-38(48-30)33(32)36(45)41(23-13-8-14-24-42)34(38)37(46)40(22-4-2)25-27-15-9-6-10-16-27/h3-4,6-7,9-12,15-18,29-30,32-34,42H,1-2,5,8,13-14,19-26H2,(H,39,44)/t29-,30-,32+,33+,34-,38+/m0/s1. The third-order valence-electron chi connectivity index (χ3n) is 9.75. The Labute approximate surface area is 282 Å². The highest BCUT2D eigenvalue weighted by Crippen LogP contribution is 2.58. The Bertz CT molecular complexity index is 1450. The van der Waals surface area contributed by atoms with Crippen LogP contribution in [0, 0.1) is 11.8 Å². The monoisotopic (exact) mass is 657 g/mol. The van der Waals surface area contributed by atoms with Gasteiger partial charge < -0.3 is 29.7 Å². The number of nitrogens with one attached hydrogen (secondary N) is 1. The van der Waals surface area contributed by atoms with E-state index in [1.165, 1.54) is 0 Å². The lowest BCUT2D eigenvalue weighted by Gasteiger charge is -2.37. The third-order valence-corrected chi connectivity index (χ3v) is 9.75. The van der Waals surface area contributed by atoms with E-state index >= 15 is 0 Å². The summed E-state index contributed by atoms with van der Waals surface area (Å²) in [5.41, 5.74) is 0.568. The van der Waals surface area contributed by atoms with E-state index < -0.39 is 41.6 Å². The molecule has 3 aliphatic heterocycles. The number of ether oxygens (including phenoxy) is 2. The average molecular weight is 658 g/mol. The normalized spacial score (nSPS) is 24.5. The summed E-state index contributed by atoms with van der Waals surface area (Å²) in [6, 6.07) is 17.4. The minimum atomic E-state index is -1.15. The molecule has 6 atom stereocenters. The van der Waals surface area contributed by atoms with Gasteiger partial charge in [-0.1, -0.05) is 72.8 Å². The molecule has 0 unspecified atom stereocenters. The molecule has 0 radical (unpaired) electrons. The van der Waals surface area contributed by atoms with Crippen LogP contribution < -0.4 is 5.32 Å². The van der Waals surface area contributed by atoms with Gasteiger partial charge in [-0.25, -0.2) is 0 Å². The molecule has 3 amide bonds. The van der Waals surface area contributed by atoms with Crippen molar-refractivity contribution in [2.24, 2.45) is 11.8 Å². The molecule has 3 aliphatic rings. The fraction of sp³-hybridized carbons (Fsp3) is 0.474. The zero-order valence-electron chi connectivity index (χ0n) is 27.5. The SMILES string of the molecule is C=CCCC(=O)OC[C@H](NC(=O)[C@@H]1[C@@H]2CC[C@]3(O2)[C@H](C(=O)N(CC=C)Cc2ccccc2)N(CCCCCO)C(=O)[C@@H]13)c1ccccc1. The Hall–Kier alpha value is -4.28. The van der Waals surface area contributed by atoms with Crippen molar-refractivity contribution < 1.29 is 33.8 Å². The molecule has 10 nitrogen and oxygen atoms in total. The second-order valence-electron chi connectivity index (χ2n) is 12.8. The number of hydrogen-bond acceptors (Lipinski definition) is 7. The van der Waals surface area contributed by atoms with Gasteiger partial charge in [0.15, 0.2) is 0 Å². The number of esters is 1. The van der Waals surface area contributed by atoms with E-state index in [1.807, 2.05) is 60.7 Å². The van der Waals surface area contributed by atoms with E-state index in [1.54, 1.807) is 22.0 Å². The molecule has 0 saturated carbocycles. The van der Waals surface area contributed by atoms with Crippen LogP contribution in [0.3, 0.4) is 0 Å². The maximum atomic E-state index is 14.6. The number of carbonyl (C=O) groups excluding carboxylic acids is 4. The Balaban J connectivity index is 1.42. The number of benzene rings is 2. The van der Waals surface area contributed by atoms with Crippen molar-refractivity contribution in [2.75, 3.05) is 26.3 Å². The molecule has 0 aromatic heterocycles. The summed E-state index contributed by atoms with van der Waals surface area (Å²) in [6.45, 7) is 8.45. The molecule has 1 spiro atoms. The third kappa shape index (κ3) is 7.39. The van der Waals surface area contributed by atoms with Gasteiger partial charge in [-0.15, -0.1) is 13.2 Å². The van der Waals surface area contributed by atoms with Crippen LogP contribution in [0.15, 0.2) is 86.0 Å². The summed E-state index contributed by atoms with van der Waals surface area (Å²) < 4.78 is 12.2. The number of fused-ring (bicyclic) bond motifs is 1. The van der Waals surface area contributed by atoms with Crippen molar-refractivity contribution >= 4 is 23.7 Å². The molecule has 5 rings (SSSR count). The van der Waals surface area contributed by atoms with E-state index in [-0.39, 0.29) is 43.9 Å². The van der Waals surface area contributed by atoms with Crippen molar-refractivity contribution in [3.8, 4) is 0 Å². The number of carbonyl (C=O) groups is 4. The van der Waals surface area contributed by atoms with Crippen LogP contribution in [0.2, 0.25) is 0 Å². The molecule has 3 fully saturated rings. The number of nitrogens with zero attached hydrogens (tertiary/aromatic N) is 2. The summed E-state index contributed by atoms with van der Waals surface area (Å²) in [4.78, 5) is 58.9. The minimum absolute atomic E-state index is 0.0479. The smallest absolute Gasteiger partial charge is 0.306 e. The summed E-state index contributed by atoms with van der Waals surface area (Å²) in [5, 5.41) is 12.4. The van der Waals surface area contributed by atoms with Gasteiger partial charge in [-0.2, -0.15) is 0 Å². The molecule has 2 bridgehead atoms. The summed E-state index contributed by atoms with van der Waals surface area (Å²) in [6.07, 6.45) is 6.38. The number of likely N-dealkylation sites (tertiary alicyclic amines) is 1. The van der Waals surface area contributed by atoms with E-state index in [0.29, 0.717) is 51.6 Å². The van der Waals surface area contributed by atoms with Gasteiger partial charge in [0.05, 0.1) is 24.0 Å². The fourth-order valence-electron chi connectivity index (χ4n) is 7.55. The molecule has 2 N–H and O–H groups in total. The summed E-state index contributed by atoms with van der Waals surface area (Å²) in [7, 11) is 0. The maximum absolute atomic E-state index is 14.6. The molecular weight excluding hydrogens is 610 g/mol. The van der Waals surface area contributed by atoms with Gasteiger partial charge >= 0.3 is 5.97 Å². The first-order valence-electron chi connectivity index (χ1n) is 17.0. The highest BCUT2D eigenvalue weighted by molar-refractivity contribution is 5.99. The first-order valence-corrected chi connectivity index (χ1v) is 17.0. The Kier molecular flexibility index (Phi) is 11.8. The second kappa shape index (κ2) is 16.2. The van der Waals surface area contributed by atoms with Crippen LogP contribution in [-0.2, 0) is 35.2 Å². The Morgan fingerprint density at radius 2 is 1.79 bits per heavy atom. The van der Waals surface area contributed by atoms with Crippen molar-refractivity contribution in [2.45, 2.75) is 75.3 Å². The number of rotatable bonds is 18. The lowest BCUT2D eigenvalue weighted by molar-refractivity contribution is -0.148. The lowest BCUT2D eigenvalue weighted by Crippen LogP contribution is -2.56. The first-order chi connectivity index (χ1) is 23.3. The van der Waals surface area contributed by atoms with Crippen LogP contribution in [0.4, 0.5) is 0 Å². The fourth-order valence-corrected chi connectivity index (χ4v) is 7.55. The van der Waals surface area contributed by atoms with Crippen molar-refractivity contribution in [3.63, 3.8) is 0 Å². The zero-order chi connectivity index (χ0) is 34.1. The van der Waals surface area contributed by atoms with Gasteiger partial charge in [-0.3, -0.25) is 19.2 Å². The van der Waals surface area contributed by atoms with Crippen LogP contribution in [-0.4, -0.2) is 82.6 Å². The van der Waals surface area contributed by atoms with Crippen molar-refractivity contribution in [1.82, 2.24) is 15.1 Å². The number of allylic oxidation sites excluding steroid dienone is 1. The van der Waals surface area contributed by atoms with E-state index in [0.717, 1.165) is 11.1 Å². The molecule has 10 heteroatoms. The van der Waals surface area contributed by atoms with Crippen LogP contribution in [0.25, 0.3) is 0 Å². The minimum Gasteiger partial charge on any atom is -0.463 e. The van der Waals surface area contributed by atoms with Crippen molar-refractivity contribution in [3.05, 3.63) is 97.1 Å². The van der Waals surface area contributed by atoms with E-state index in [4.69, 9.17) is 9.47 Å². The number of amides is 3. The Morgan fingerprint density at radius 1 is 1.06 bits per heavy atom. The molecule has 2 aromatic carbocycles. The maximum Gasteiger partial charge on any atom is 0.306 e. The predicted molar refractivity (Wildman–Crippen MR) is 180 cm³/mol. The molecule has 3 saturated heterocycles. The van der Waals surface area contributed by atoms with Gasteiger partial charge in [0.1, 0.15) is 18.2 Å². The van der Waals surface area contributed by atoms with Gasteiger partial charge in [-0.05, 0) is 49.7 Å². The number of hydrogen-bond donors (Lipinski definition) is 2.